The number of amides is 1. The topological polar surface area (TPSA) is 166 Å². The molecule has 0 aliphatic rings. The van der Waals surface area contributed by atoms with Crippen LogP contribution >= 0.6 is 0 Å². The van der Waals surface area contributed by atoms with Gasteiger partial charge >= 0.3 is 17.6 Å². The second-order valence-corrected chi connectivity index (χ2v) is 8.14. The Labute approximate surface area is 211 Å². The van der Waals surface area contributed by atoms with E-state index in [1.807, 2.05) is 0 Å². The van der Waals surface area contributed by atoms with Crippen molar-refractivity contribution in [1.82, 2.24) is 24.4 Å². The molecule has 2 heterocycles. The molecule has 37 heavy (non-hydrogen) atoms. The second-order valence-electron chi connectivity index (χ2n) is 8.14. The highest BCUT2D eigenvalue weighted by Crippen LogP contribution is 2.13. The maximum absolute atomic E-state index is 12.7. The molecule has 0 radical (unpaired) electrons. The summed E-state index contributed by atoms with van der Waals surface area (Å²) in [6, 6.07) is 5.49. The van der Waals surface area contributed by atoms with Gasteiger partial charge < -0.3 is 25.1 Å². The van der Waals surface area contributed by atoms with Crippen LogP contribution in [-0.2, 0) is 39.7 Å². The lowest BCUT2D eigenvalue weighted by molar-refractivity contribution is -0.146. The molecule has 3 N–H and O–H groups in total. The van der Waals surface area contributed by atoms with E-state index in [0.717, 1.165) is 4.57 Å². The molecule has 1 aromatic carbocycles. The van der Waals surface area contributed by atoms with Crippen LogP contribution in [0, 0.1) is 0 Å². The minimum absolute atomic E-state index is 0.0392. The molecule has 0 aliphatic carbocycles. The first kappa shape index (κ1) is 27.2. The highest BCUT2D eigenvalue weighted by Gasteiger charge is 2.24. The summed E-state index contributed by atoms with van der Waals surface area (Å²) < 4.78 is 12.2. The van der Waals surface area contributed by atoms with Crippen LogP contribution in [0.2, 0.25) is 0 Å². The molecular formula is C24H30N6O7. The Morgan fingerprint density at radius 2 is 1.70 bits per heavy atom. The number of H-pyrrole nitrogens is 1. The molecule has 198 valence electrons. The van der Waals surface area contributed by atoms with Gasteiger partial charge in [-0.2, -0.15) is 0 Å². The van der Waals surface area contributed by atoms with Gasteiger partial charge in [0, 0.05) is 31.8 Å². The SMILES string of the molecule is CCOC(=O)CC[C@H](NC(=O)c1ccc(NCc2nc3c([nH]2)c(=O)n(C)c(=O)n3C)cc1)C(=O)OCC. The fourth-order valence-electron chi connectivity index (χ4n) is 3.61. The molecule has 0 saturated heterocycles. The number of aryl methyl sites for hydroxylation is 1. The summed E-state index contributed by atoms with van der Waals surface area (Å²) in [6.07, 6.45) is 0.0117. The molecule has 13 heteroatoms. The van der Waals surface area contributed by atoms with E-state index in [1.165, 1.54) is 18.7 Å². The Balaban J connectivity index is 1.65. The van der Waals surface area contributed by atoms with E-state index in [-0.39, 0.29) is 43.8 Å². The molecule has 2 aromatic heterocycles. The van der Waals surface area contributed by atoms with Gasteiger partial charge in [0.05, 0.1) is 19.8 Å². The maximum atomic E-state index is 12.7. The number of hydrogen-bond donors (Lipinski definition) is 3. The van der Waals surface area contributed by atoms with Gasteiger partial charge in [-0.3, -0.25) is 23.5 Å². The lowest BCUT2D eigenvalue weighted by Crippen LogP contribution is -2.42. The standard InChI is InChI=1S/C24H30N6O7/c1-5-36-18(31)12-11-16(23(34)37-6-2)26-21(32)14-7-9-15(10-8-14)25-13-17-27-19-20(28-17)29(3)24(35)30(4)22(19)33/h7-10,16,25H,5-6,11-13H2,1-4H3,(H,26,32)(H,27,28)/t16-/m0/s1. The van der Waals surface area contributed by atoms with Gasteiger partial charge in [0.15, 0.2) is 5.65 Å². The molecule has 13 nitrogen and oxygen atoms in total. The van der Waals surface area contributed by atoms with Gasteiger partial charge in [-0.25, -0.2) is 14.6 Å². The number of hydrogen-bond acceptors (Lipinski definition) is 9. The number of imidazole rings is 1. The molecule has 0 fully saturated rings. The first-order chi connectivity index (χ1) is 17.7. The average Bonchev–Trinajstić information content (AvgIpc) is 3.32. The van der Waals surface area contributed by atoms with E-state index in [1.54, 1.807) is 38.1 Å². The zero-order valence-corrected chi connectivity index (χ0v) is 21.1. The fraction of sp³-hybridized carbons (Fsp3) is 0.417. The van der Waals surface area contributed by atoms with E-state index < -0.39 is 35.1 Å². The van der Waals surface area contributed by atoms with Crippen LogP contribution in [0.4, 0.5) is 5.69 Å². The molecule has 0 unspecified atom stereocenters. The number of anilines is 1. The molecule has 0 spiro atoms. The first-order valence-electron chi connectivity index (χ1n) is 11.8. The highest BCUT2D eigenvalue weighted by atomic mass is 16.5. The number of carbonyl (C=O) groups is 3. The van der Waals surface area contributed by atoms with Gasteiger partial charge in [0.1, 0.15) is 17.4 Å². The van der Waals surface area contributed by atoms with E-state index in [0.29, 0.717) is 17.1 Å². The summed E-state index contributed by atoms with van der Waals surface area (Å²) in [5.41, 5.74) is 0.531. The number of aromatic nitrogens is 4. The molecular weight excluding hydrogens is 484 g/mol. The predicted molar refractivity (Wildman–Crippen MR) is 134 cm³/mol. The molecule has 0 saturated carbocycles. The van der Waals surface area contributed by atoms with Gasteiger partial charge in [-0.1, -0.05) is 0 Å². The van der Waals surface area contributed by atoms with Crippen molar-refractivity contribution in [3.05, 3.63) is 56.5 Å². The van der Waals surface area contributed by atoms with Gasteiger partial charge in [0.2, 0.25) is 0 Å². The van der Waals surface area contributed by atoms with Crippen molar-refractivity contribution in [2.75, 3.05) is 18.5 Å². The minimum Gasteiger partial charge on any atom is -0.466 e. The third kappa shape index (κ3) is 6.42. The van der Waals surface area contributed by atoms with E-state index in [9.17, 15) is 24.0 Å². The summed E-state index contributed by atoms with van der Waals surface area (Å²) in [7, 11) is 2.94. The van der Waals surface area contributed by atoms with E-state index in [4.69, 9.17) is 9.47 Å². The number of rotatable bonds is 11. The zero-order valence-electron chi connectivity index (χ0n) is 21.1. The third-order valence-electron chi connectivity index (χ3n) is 5.57. The van der Waals surface area contributed by atoms with Crippen molar-refractivity contribution >= 4 is 34.7 Å². The lowest BCUT2D eigenvalue weighted by Gasteiger charge is -2.17. The molecule has 3 rings (SSSR count). The average molecular weight is 515 g/mol. The van der Waals surface area contributed by atoms with Crippen LogP contribution in [-0.4, -0.2) is 56.2 Å². The Bertz CT molecular complexity index is 1400. The predicted octanol–water partition coefficient (Wildman–Crippen LogP) is 0.577. The van der Waals surface area contributed by atoms with Crippen molar-refractivity contribution in [2.45, 2.75) is 39.3 Å². The number of ether oxygens (including phenoxy) is 2. The molecule has 1 amide bonds. The summed E-state index contributed by atoms with van der Waals surface area (Å²) >= 11 is 0. The van der Waals surface area contributed by atoms with Crippen molar-refractivity contribution in [2.24, 2.45) is 14.1 Å². The normalized spacial score (nSPS) is 11.7. The van der Waals surface area contributed by atoms with Crippen LogP contribution in [0.25, 0.3) is 11.2 Å². The van der Waals surface area contributed by atoms with Crippen molar-refractivity contribution in [3.63, 3.8) is 0 Å². The first-order valence-corrected chi connectivity index (χ1v) is 11.8. The summed E-state index contributed by atoms with van der Waals surface area (Å²) in [6.45, 7) is 3.94. The number of esters is 2. The zero-order chi connectivity index (χ0) is 27.1. The monoisotopic (exact) mass is 514 g/mol. The summed E-state index contributed by atoms with van der Waals surface area (Å²) in [5.74, 6) is -1.14. The Hall–Kier alpha value is -4.42. The molecule has 1 atom stereocenters. The Kier molecular flexibility index (Phi) is 8.82. The van der Waals surface area contributed by atoms with Crippen molar-refractivity contribution in [3.8, 4) is 0 Å². The minimum atomic E-state index is -0.994. The van der Waals surface area contributed by atoms with Crippen LogP contribution in [0.15, 0.2) is 33.9 Å². The van der Waals surface area contributed by atoms with Crippen LogP contribution in [0.5, 0.6) is 0 Å². The second kappa shape index (κ2) is 12.0. The number of benzene rings is 1. The van der Waals surface area contributed by atoms with Crippen LogP contribution < -0.4 is 21.9 Å². The maximum Gasteiger partial charge on any atom is 0.332 e. The largest absolute Gasteiger partial charge is 0.466 e. The fourth-order valence-corrected chi connectivity index (χ4v) is 3.61. The van der Waals surface area contributed by atoms with Crippen LogP contribution in [0.3, 0.4) is 0 Å². The van der Waals surface area contributed by atoms with E-state index in [2.05, 4.69) is 20.6 Å². The summed E-state index contributed by atoms with van der Waals surface area (Å²) in [4.78, 5) is 68.3. The molecule has 0 bridgehead atoms. The highest BCUT2D eigenvalue weighted by molar-refractivity contribution is 5.97. The number of carbonyl (C=O) groups excluding carboxylic acids is 3. The molecule has 3 aromatic rings. The number of nitrogens with one attached hydrogen (secondary N) is 3. The Morgan fingerprint density at radius 3 is 2.35 bits per heavy atom. The van der Waals surface area contributed by atoms with Gasteiger partial charge in [0.25, 0.3) is 11.5 Å². The molecule has 0 aliphatic heterocycles. The van der Waals surface area contributed by atoms with E-state index >= 15 is 0 Å². The van der Waals surface area contributed by atoms with Crippen molar-refractivity contribution < 1.29 is 23.9 Å². The smallest absolute Gasteiger partial charge is 0.332 e. The number of fused-ring (bicyclic) bond motifs is 1. The number of aromatic amines is 1. The van der Waals surface area contributed by atoms with Crippen LogP contribution in [0.1, 0.15) is 42.9 Å². The summed E-state index contributed by atoms with van der Waals surface area (Å²) in [5, 5.41) is 5.74. The van der Waals surface area contributed by atoms with Gasteiger partial charge in [-0.15, -0.1) is 0 Å². The quantitative estimate of drug-likeness (QED) is 0.310. The Morgan fingerprint density at radius 1 is 1.03 bits per heavy atom. The van der Waals surface area contributed by atoms with Gasteiger partial charge in [-0.05, 0) is 44.5 Å². The number of nitrogens with zero attached hydrogens (tertiary/aromatic N) is 3. The van der Waals surface area contributed by atoms with Crippen molar-refractivity contribution in [1.29, 1.82) is 0 Å². The lowest BCUT2D eigenvalue weighted by atomic mass is 10.1. The third-order valence-corrected chi connectivity index (χ3v) is 5.57.